The van der Waals surface area contributed by atoms with Gasteiger partial charge in [0.15, 0.2) is 0 Å². The Morgan fingerprint density at radius 3 is 2.69 bits per heavy atom. The van der Waals surface area contributed by atoms with Crippen LogP contribution in [0.5, 0.6) is 5.75 Å². The van der Waals surface area contributed by atoms with E-state index in [1.54, 1.807) is 11.1 Å². The van der Waals surface area contributed by atoms with Crippen LogP contribution < -0.4 is 15.0 Å². The molecule has 3 aliphatic rings. The van der Waals surface area contributed by atoms with Gasteiger partial charge in [-0.25, -0.2) is 8.78 Å². The van der Waals surface area contributed by atoms with Crippen LogP contribution in [0, 0.1) is 11.3 Å². The number of alkyl halides is 2. The van der Waals surface area contributed by atoms with Gasteiger partial charge in [-0.05, 0) is 44.7 Å². The highest BCUT2D eigenvalue weighted by Crippen LogP contribution is 2.49. The number of carbonyl (C=O) groups is 1. The average Bonchev–Trinajstić information content (AvgIpc) is 3.58. The Bertz CT molecular complexity index is 864. The Kier molecular flexibility index (Phi) is 5.09. The Labute approximate surface area is 169 Å². The molecule has 29 heavy (non-hydrogen) atoms. The summed E-state index contributed by atoms with van der Waals surface area (Å²) in [5, 5.41) is 11.1. The maximum absolute atomic E-state index is 13.4. The first-order valence-electron chi connectivity index (χ1n) is 10.2. The summed E-state index contributed by atoms with van der Waals surface area (Å²) in [6.07, 6.45) is 6.60. The molecule has 4 rings (SSSR count). The lowest BCUT2D eigenvalue weighted by molar-refractivity contribution is -0.117. The van der Waals surface area contributed by atoms with E-state index in [-0.39, 0.29) is 25.0 Å². The number of halogens is 2. The standard InChI is InChI=1S/C22H27F2N3O2/c1-13-3-6-19-20(27(13)14(2)28)8-7-18(15(10-25)11-26-17-4-5-17)21(19)29-12-16-9-22(16,23)24/h7-8,10-11,13,16-17,25-26H,3-6,9,12H2,1-2H3/b15-11+,25-10?/t13-,16?/m0/s1. The lowest BCUT2D eigenvalue weighted by atomic mass is 9.91. The number of hydrogen-bond donors (Lipinski definition) is 2. The lowest BCUT2D eigenvalue weighted by Gasteiger charge is -2.36. The van der Waals surface area contributed by atoms with Gasteiger partial charge in [-0.3, -0.25) is 4.79 Å². The van der Waals surface area contributed by atoms with Crippen molar-refractivity contribution >= 4 is 23.4 Å². The minimum Gasteiger partial charge on any atom is -0.492 e. The van der Waals surface area contributed by atoms with Crippen molar-refractivity contribution in [2.24, 2.45) is 5.92 Å². The topological polar surface area (TPSA) is 65.4 Å². The maximum atomic E-state index is 13.4. The second-order valence-electron chi connectivity index (χ2n) is 8.37. The number of nitrogens with zero attached hydrogens (tertiary/aromatic N) is 1. The molecule has 2 fully saturated rings. The van der Waals surface area contributed by atoms with Crippen molar-refractivity contribution in [1.82, 2.24) is 5.32 Å². The Balaban J connectivity index is 1.72. The van der Waals surface area contributed by atoms with Crippen molar-refractivity contribution in [2.75, 3.05) is 11.5 Å². The number of amides is 1. The summed E-state index contributed by atoms with van der Waals surface area (Å²) in [6.45, 7) is 3.48. The third kappa shape index (κ3) is 4.00. The molecule has 7 heteroatoms. The number of rotatable bonds is 7. The fourth-order valence-electron chi connectivity index (χ4n) is 3.97. The van der Waals surface area contributed by atoms with Crippen molar-refractivity contribution in [1.29, 1.82) is 5.41 Å². The average molecular weight is 403 g/mol. The molecular formula is C22H27F2N3O2. The molecule has 156 valence electrons. The third-order valence-corrected chi connectivity index (χ3v) is 5.99. The lowest BCUT2D eigenvalue weighted by Crippen LogP contribution is -2.41. The van der Waals surface area contributed by atoms with Gasteiger partial charge in [0.1, 0.15) is 5.75 Å². The summed E-state index contributed by atoms with van der Waals surface area (Å²) in [6, 6.07) is 4.22. The van der Waals surface area contributed by atoms with E-state index in [0.717, 1.165) is 30.5 Å². The fraction of sp³-hybridized carbons (Fsp3) is 0.545. The summed E-state index contributed by atoms with van der Waals surface area (Å²) < 4.78 is 32.8. The number of hydrogen-bond acceptors (Lipinski definition) is 4. The Morgan fingerprint density at radius 1 is 1.38 bits per heavy atom. The molecule has 2 atom stereocenters. The molecule has 1 unspecified atom stereocenters. The SMILES string of the molecule is CC(=O)N1c2ccc(/C(C=N)=C/NC3CC3)c(OCC3CC3(F)F)c2CC[C@@H]1C. The van der Waals surface area contributed by atoms with Crippen LogP contribution in [0.3, 0.4) is 0 Å². The number of anilines is 1. The van der Waals surface area contributed by atoms with Gasteiger partial charge in [-0.1, -0.05) is 0 Å². The van der Waals surface area contributed by atoms with E-state index in [9.17, 15) is 13.6 Å². The van der Waals surface area contributed by atoms with Gasteiger partial charge in [0.05, 0.1) is 18.2 Å². The summed E-state index contributed by atoms with van der Waals surface area (Å²) in [5.41, 5.74) is 2.98. The summed E-state index contributed by atoms with van der Waals surface area (Å²) in [5.74, 6) is -2.95. The molecule has 0 saturated heterocycles. The number of fused-ring (bicyclic) bond motifs is 1. The fourth-order valence-corrected chi connectivity index (χ4v) is 3.97. The molecule has 2 aliphatic carbocycles. The predicted octanol–water partition coefficient (Wildman–Crippen LogP) is 4.15. The molecule has 0 aromatic heterocycles. The zero-order valence-corrected chi connectivity index (χ0v) is 16.8. The molecule has 1 aromatic carbocycles. The molecule has 1 aromatic rings. The van der Waals surface area contributed by atoms with Crippen molar-refractivity contribution < 1.29 is 18.3 Å². The van der Waals surface area contributed by atoms with Crippen LogP contribution in [0.15, 0.2) is 18.3 Å². The van der Waals surface area contributed by atoms with E-state index in [4.69, 9.17) is 10.1 Å². The van der Waals surface area contributed by atoms with Gasteiger partial charge >= 0.3 is 0 Å². The molecule has 1 amide bonds. The molecule has 0 radical (unpaired) electrons. The van der Waals surface area contributed by atoms with E-state index >= 15 is 0 Å². The largest absolute Gasteiger partial charge is 0.492 e. The first-order valence-corrected chi connectivity index (χ1v) is 10.2. The maximum Gasteiger partial charge on any atom is 0.255 e. The van der Waals surface area contributed by atoms with Crippen molar-refractivity contribution in [3.63, 3.8) is 0 Å². The number of nitrogens with one attached hydrogen (secondary N) is 2. The molecule has 2 saturated carbocycles. The first kappa shape index (κ1) is 19.9. The van der Waals surface area contributed by atoms with Crippen molar-refractivity contribution in [2.45, 2.75) is 64.0 Å². The van der Waals surface area contributed by atoms with Crippen LogP contribution in [-0.2, 0) is 11.2 Å². The van der Waals surface area contributed by atoms with Crippen molar-refractivity contribution in [3.05, 3.63) is 29.5 Å². The molecule has 0 bridgehead atoms. The van der Waals surface area contributed by atoms with Crippen LogP contribution in [0.4, 0.5) is 14.5 Å². The van der Waals surface area contributed by atoms with E-state index in [2.05, 4.69) is 5.32 Å². The van der Waals surface area contributed by atoms with Crippen LogP contribution >= 0.6 is 0 Å². The van der Waals surface area contributed by atoms with Gasteiger partial charge in [-0.2, -0.15) is 0 Å². The zero-order chi connectivity index (χ0) is 20.8. The smallest absolute Gasteiger partial charge is 0.255 e. The van der Waals surface area contributed by atoms with E-state index in [1.165, 1.54) is 13.1 Å². The summed E-state index contributed by atoms with van der Waals surface area (Å²) in [7, 11) is 0. The quantitative estimate of drug-likeness (QED) is 0.672. The number of benzene rings is 1. The monoisotopic (exact) mass is 403 g/mol. The normalized spacial score (nSPS) is 25.2. The Morgan fingerprint density at radius 2 is 2.10 bits per heavy atom. The number of carbonyl (C=O) groups excluding carboxylic acids is 1. The highest BCUT2D eigenvalue weighted by molar-refractivity contribution is 6.10. The molecule has 1 aliphatic heterocycles. The second-order valence-corrected chi connectivity index (χ2v) is 8.37. The molecule has 0 spiro atoms. The molecule has 5 nitrogen and oxygen atoms in total. The van der Waals surface area contributed by atoms with Gasteiger partial charge in [0, 0.05) is 54.5 Å². The van der Waals surface area contributed by atoms with E-state index < -0.39 is 11.8 Å². The third-order valence-electron chi connectivity index (χ3n) is 5.99. The van der Waals surface area contributed by atoms with Gasteiger partial charge < -0.3 is 20.4 Å². The minimum atomic E-state index is -2.65. The van der Waals surface area contributed by atoms with Crippen LogP contribution in [0.1, 0.15) is 50.7 Å². The second kappa shape index (κ2) is 7.43. The van der Waals surface area contributed by atoms with Crippen LogP contribution in [-0.4, -0.2) is 36.7 Å². The van der Waals surface area contributed by atoms with E-state index in [0.29, 0.717) is 29.3 Å². The molecule has 1 heterocycles. The molecular weight excluding hydrogens is 376 g/mol. The van der Waals surface area contributed by atoms with Crippen LogP contribution in [0.2, 0.25) is 0 Å². The minimum absolute atomic E-state index is 0.0518. The summed E-state index contributed by atoms with van der Waals surface area (Å²) in [4.78, 5) is 14.0. The van der Waals surface area contributed by atoms with Gasteiger partial charge in [0.2, 0.25) is 5.91 Å². The van der Waals surface area contributed by atoms with E-state index in [1.807, 2.05) is 19.1 Å². The number of allylic oxidation sites excluding steroid dienone is 1. The Hall–Kier alpha value is -2.44. The van der Waals surface area contributed by atoms with Crippen molar-refractivity contribution in [3.8, 4) is 5.75 Å². The zero-order valence-electron chi connectivity index (χ0n) is 16.8. The predicted molar refractivity (Wildman–Crippen MR) is 109 cm³/mol. The van der Waals surface area contributed by atoms with Gasteiger partial charge in [-0.15, -0.1) is 0 Å². The number of ether oxygens (including phenoxy) is 1. The highest BCUT2D eigenvalue weighted by atomic mass is 19.3. The summed E-state index contributed by atoms with van der Waals surface area (Å²) >= 11 is 0. The van der Waals surface area contributed by atoms with Crippen LogP contribution in [0.25, 0.3) is 5.57 Å². The highest BCUT2D eigenvalue weighted by Gasteiger charge is 2.57. The first-order chi connectivity index (χ1) is 13.8. The van der Waals surface area contributed by atoms with Gasteiger partial charge in [0.25, 0.3) is 5.92 Å². The molecule has 2 N–H and O–H groups in total.